The van der Waals surface area contributed by atoms with E-state index in [1.807, 2.05) is 22.9 Å². The van der Waals surface area contributed by atoms with E-state index >= 15 is 0 Å². The molecule has 0 radical (unpaired) electrons. The lowest BCUT2D eigenvalue weighted by atomic mass is 10.0. The van der Waals surface area contributed by atoms with E-state index in [-0.39, 0.29) is 11.9 Å². The minimum absolute atomic E-state index is 0.0794. The van der Waals surface area contributed by atoms with Gasteiger partial charge in [-0.25, -0.2) is 0 Å². The summed E-state index contributed by atoms with van der Waals surface area (Å²) in [5.74, 6) is -0.0794. The van der Waals surface area contributed by atoms with Gasteiger partial charge in [-0.2, -0.15) is 5.10 Å². The molecular formula is C21H23ClN4OS. The van der Waals surface area contributed by atoms with Gasteiger partial charge >= 0.3 is 0 Å². The number of hydrogen-bond donors (Lipinski definition) is 2. The number of benzene rings is 1. The number of nitrogens with two attached hydrogens (primary N) is 1. The van der Waals surface area contributed by atoms with Crippen molar-refractivity contribution in [2.45, 2.75) is 38.8 Å². The number of halogens is 1. The zero-order valence-electron chi connectivity index (χ0n) is 15.7. The molecule has 1 aliphatic heterocycles. The van der Waals surface area contributed by atoms with E-state index in [9.17, 15) is 4.79 Å². The molecule has 0 unspecified atom stereocenters. The first-order valence-electron chi connectivity index (χ1n) is 9.46. The summed E-state index contributed by atoms with van der Waals surface area (Å²) in [6.07, 6.45) is 4.31. The molecule has 28 heavy (non-hydrogen) atoms. The molecule has 1 aromatic carbocycles. The van der Waals surface area contributed by atoms with Crippen molar-refractivity contribution in [2.24, 2.45) is 5.73 Å². The molecule has 1 atom stereocenters. The third-order valence-electron chi connectivity index (χ3n) is 5.20. The summed E-state index contributed by atoms with van der Waals surface area (Å²) >= 11 is 7.90. The lowest BCUT2D eigenvalue weighted by molar-refractivity contribution is 0.0942. The number of aryl methyl sites for hydroxylation is 3. The monoisotopic (exact) mass is 414 g/mol. The van der Waals surface area contributed by atoms with Crippen molar-refractivity contribution in [3.05, 3.63) is 62.4 Å². The van der Waals surface area contributed by atoms with Gasteiger partial charge in [-0.1, -0.05) is 35.9 Å². The molecule has 3 aromatic rings. The van der Waals surface area contributed by atoms with Crippen LogP contribution in [0.25, 0.3) is 11.3 Å². The number of nitrogens with zero attached hydrogens (tertiary/aromatic N) is 2. The number of aromatic nitrogens is 2. The number of amides is 1. The van der Waals surface area contributed by atoms with Gasteiger partial charge in [-0.3, -0.25) is 9.48 Å². The number of nitrogens with one attached hydrogen (secondary N) is 1. The van der Waals surface area contributed by atoms with Crippen molar-refractivity contribution in [3.63, 3.8) is 0 Å². The molecule has 0 bridgehead atoms. The average molecular weight is 415 g/mol. The summed E-state index contributed by atoms with van der Waals surface area (Å²) in [6, 6.07) is 10.0. The van der Waals surface area contributed by atoms with E-state index < -0.39 is 0 Å². The van der Waals surface area contributed by atoms with Crippen LogP contribution < -0.4 is 11.1 Å². The third kappa shape index (κ3) is 3.72. The van der Waals surface area contributed by atoms with Crippen molar-refractivity contribution in [1.29, 1.82) is 0 Å². The van der Waals surface area contributed by atoms with Crippen LogP contribution in [0.3, 0.4) is 0 Å². The lowest BCUT2D eigenvalue weighted by Crippen LogP contribution is -2.41. The Kier molecular flexibility index (Phi) is 5.53. The molecule has 3 heterocycles. The van der Waals surface area contributed by atoms with Gasteiger partial charge in [0, 0.05) is 29.6 Å². The van der Waals surface area contributed by atoms with Crippen LogP contribution in [0, 0.1) is 6.92 Å². The summed E-state index contributed by atoms with van der Waals surface area (Å²) in [5.41, 5.74) is 10.3. The highest BCUT2D eigenvalue weighted by atomic mass is 35.5. The zero-order chi connectivity index (χ0) is 19.7. The molecular weight excluding hydrogens is 392 g/mol. The Hall–Kier alpha value is -2.15. The fourth-order valence-corrected chi connectivity index (χ4v) is 5.02. The van der Waals surface area contributed by atoms with Crippen molar-refractivity contribution < 1.29 is 4.79 Å². The summed E-state index contributed by atoms with van der Waals surface area (Å²) in [7, 11) is 0. The number of carbonyl (C=O) groups excluding carboxylic acids is 1. The van der Waals surface area contributed by atoms with Crippen LogP contribution in [0.15, 0.2) is 36.5 Å². The maximum absolute atomic E-state index is 12.9. The Morgan fingerprint density at radius 2 is 2.25 bits per heavy atom. The SMILES string of the molecule is Cc1ccccc1C[C@@H](CN)NC(=O)c1cc2c(s1)CCCn1ncc(Cl)c1-2. The van der Waals surface area contributed by atoms with E-state index in [0.717, 1.165) is 37.1 Å². The molecule has 0 saturated carbocycles. The standard InChI is InChI=1S/C21H23ClN4OS/c1-13-5-2-3-6-14(13)9-15(11-23)25-21(27)19-10-16-18(28-19)7-4-8-26-20(16)17(22)12-24-26/h2-3,5-6,10,12,15H,4,7-9,11,23H2,1H3,(H,25,27)/t15-/m0/s1. The summed E-state index contributed by atoms with van der Waals surface area (Å²) in [5, 5.41) is 8.10. The molecule has 1 amide bonds. The number of thiophene rings is 1. The van der Waals surface area contributed by atoms with E-state index in [1.54, 1.807) is 17.5 Å². The smallest absolute Gasteiger partial charge is 0.261 e. The average Bonchev–Trinajstić information content (AvgIpc) is 3.22. The van der Waals surface area contributed by atoms with E-state index in [2.05, 4.69) is 29.5 Å². The predicted octanol–water partition coefficient (Wildman–Crippen LogP) is 3.82. The van der Waals surface area contributed by atoms with Crippen LogP contribution in [-0.4, -0.2) is 28.3 Å². The molecule has 0 fully saturated rings. The van der Waals surface area contributed by atoms with E-state index in [1.165, 1.54) is 16.0 Å². The van der Waals surface area contributed by atoms with Gasteiger partial charge in [0.25, 0.3) is 5.91 Å². The minimum atomic E-state index is -0.107. The highest BCUT2D eigenvalue weighted by Crippen LogP contribution is 2.38. The van der Waals surface area contributed by atoms with Crippen molar-refractivity contribution >= 4 is 28.8 Å². The first kappa shape index (κ1) is 19.2. The second kappa shape index (κ2) is 8.07. The molecule has 1 aliphatic rings. The highest BCUT2D eigenvalue weighted by Gasteiger charge is 2.24. The molecule has 3 N–H and O–H groups in total. The van der Waals surface area contributed by atoms with Crippen molar-refractivity contribution in [1.82, 2.24) is 15.1 Å². The molecule has 5 nitrogen and oxygen atoms in total. The van der Waals surface area contributed by atoms with Crippen LogP contribution in [0.1, 0.15) is 32.1 Å². The second-order valence-corrected chi connectivity index (χ2v) is 8.70. The number of carbonyl (C=O) groups is 1. The molecule has 7 heteroatoms. The van der Waals surface area contributed by atoms with Gasteiger partial charge in [0.2, 0.25) is 0 Å². The third-order valence-corrected chi connectivity index (χ3v) is 6.67. The zero-order valence-corrected chi connectivity index (χ0v) is 17.3. The van der Waals surface area contributed by atoms with Crippen LogP contribution >= 0.6 is 22.9 Å². The Labute approximate surface area is 173 Å². The number of hydrogen-bond acceptors (Lipinski definition) is 4. The number of rotatable bonds is 5. The Morgan fingerprint density at radius 1 is 1.43 bits per heavy atom. The van der Waals surface area contributed by atoms with Gasteiger partial charge in [0.05, 0.1) is 21.8 Å². The topological polar surface area (TPSA) is 72.9 Å². The minimum Gasteiger partial charge on any atom is -0.347 e. The van der Waals surface area contributed by atoms with Gasteiger partial charge in [0.15, 0.2) is 0 Å². The van der Waals surface area contributed by atoms with Crippen LogP contribution in [0.5, 0.6) is 0 Å². The van der Waals surface area contributed by atoms with Crippen molar-refractivity contribution in [3.8, 4) is 11.3 Å². The van der Waals surface area contributed by atoms with Gasteiger partial charge in [0.1, 0.15) is 0 Å². The summed E-state index contributed by atoms with van der Waals surface area (Å²) < 4.78 is 1.93. The summed E-state index contributed by atoms with van der Waals surface area (Å²) in [6.45, 7) is 3.31. The quantitative estimate of drug-likeness (QED) is 0.666. The van der Waals surface area contributed by atoms with Gasteiger partial charge in [-0.15, -0.1) is 11.3 Å². The highest BCUT2D eigenvalue weighted by molar-refractivity contribution is 7.14. The van der Waals surface area contributed by atoms with E-state index in [0.29, 0.717) is 16.4 Å². The van der Waals surface area contributed by atoms with Crippen LogP contribution in [0.2, 0.25) is 5.02 Å². The largest absolute Gasteiger partial charge is 0.347 e. The molecule has 2 aromatic heterocycles. The Balaban J connectivity index is 1.55. The molecule has 0 aliphatic carbocycles. The first-order chi connectivity index (χ1) is 13.6. The normalized spacial score (nSPS) is 14.1. The predicted molar refractivity (Wildman–Crippen MR) is 114 cm³/mol. The molecule has 146 valence electrons. The maximum atomic E-state index is 12.9. The number of fused-ring (bicyclic) bond motifs is 3. The fourth-order valence-electron chi connectivity index (χ4n) is 3.67. The Morgan fingerprint density at radius 3 is 3.04 bits per heavy atom. The molecule has 0 saturated heterocycles. The van der Waals surface area contributed by atoms with Crippen molar-refractivity contribution in [2.75, 3.05) is 6.54 Å². The summed E-state index contributed by atoms with van der Waals surface area (Å²) in [4.78, 5) is 14.8. The first-order valence-corrected chi connectivity index (χ1v) is 10.7. The van der Waals surface area contributed by atoms with E-state index in [4.69, 9.17) is 17.3 Å². The lowest BCUT2D eigenvalue weighted by Gasteiger charge is -2.17. The van der Waals surface area contributed by atoms with Crippen LogP contribution in [-0.2, 0) is 19.4 Å². The van der Waals surface area contributed by atoms with Crippen LogP contribution in [0.4, 0.5) is 0 Å². The van der Waals surface area contributed by atoms with Gasteiger partial charge in [-0.05, 0) is 43.4 Å². The fraction of sp³-hybridized carbons (Fsp3) is 0.333. The molecule has 4 rings (SSSR count). The maximum Gasteiger partial charge on any atom is 0.261 e. The molecule has 0 spiro atoms. The second-order valence-electron chi connectivity index (χ2n) is 7.15. The van der Waals surface area contributed by atoms with Gasteiger partial charge < -0.3 is 11.1 Å². The Bertz CT molecular complexity index is 1010.